The first-order valence-corrected chi connectivity index (χ1v) is 5.75. The number of nitrogens with one attached hydrogen (secondary N) is 2. The van der Waals surface area contributed by atoms with E-state index in [0.29, 0.717) is 0 Å². The second-order valence-electron chi connectivity index (χ2n) is 3.87. The lowest BCUT2D eigenvalue weighted by Crippen LogP contribution is -2.43. The van der Waals surface area contributed by atoms with Crippen LogP contribution in [0.4, 0.5) is 5.69 Å². The Balaban J connectivity index is 2.51. The van der Waals surface area contributed by atoms with E-state index in [4.69, 9.17) is 6.42 Å². The Morgan fingerprint density at radius 3 is 2.59 bits per heavy atom. The third-order valence-corrected chi connectivity index (χ3v) is 2.50. The maximum absolute atomic E-state index is 11.8. The van der Waals surface area contributed by atoms with E-state index in [1.54, 1.807) is 6.92 Å². The van der Waals surface area contributed by atoms with E-state index in [1.807, 2.05) is 37.3 Å². The minimum atomic E-state index is -0.309. The number of terminal acetylenes is 1. The zero-order chi connectivity index (χ0) is 12.7. The van der Waals surface area contributed by atoms with Gasteiger partial charge in [0.2, 0.25) is 5.91 Å². The lowest BCUT2D eigenvalue weighted by molar-refractivity contribution is -0.117. The van der Waals surface area contributed by atoms with E-state index < -0.39 is 0 Å². The van der Waals surface area contributed by atoms with Crippen LogP contribution in [0, 0.1) is 12.3 Å². The van der Waals surface area contributed by atoms with E-state index in [1.165, 1.54) is 0 Å². The Labute approximate surface area is 103 Å². The molecule has 0 fully saturated rings. The van der Waals surface area contributed by atoms with E-state index in [9.17, 15) is 4.79 Å². The summed E-state index contributed by atoms with van der Waals surface area (Å²) < 4.78 is 0. The van der Waals surface area contributed by atoms with Crippen LogP contribution in [0.3, 0.4) is 0 Å². The van der Waals surface area contributed by atoms with E-state index in [0.717, 1.165) is 12.1 Å². The van der Waals surface area contributed by atoms with Crippen LogP contribution in [0.5, 0.6) is 0 Å². The van der Waals surface area contributed by atoms with E-state index >= 15 is 0 Å². The van der Waals surface area contributed by atoms with Gasteiger partial charge in [-0.2, -0.15) is 0 Å². The molecule has 0 heterocycles. The van der Waals surface area contributed by atoms with Gasteiger partial charge in [0.25, 0.3) is 0 Å². The third kappa shape index (κ3) is 4.29. The average Bonchev–Trinajstić information content (AvgIpc) is 2.36. The zero-order valence-corrected chi connectivity index (χ0v) is 10.2. The van der Waals surface area contributed by atoms with Gasteiger partial charge >= 0.3 is 0 Å². The fourth-order valence-electron chi connectivity index (χ4n) is 1.43. The maximum Gasteiger partial charge on any atom is 0.241 e. The number of hydrogen-bond donors (Lipinski definition) is 2. The van der Waals surface area contributed by atoms with Crippen LogP contribution in [0.15, 0.2) is 30.3 Å². The fraction of sp³-hybridized carbons (Fsp3) is 0.357. The van der Waals surface area contributed by atoms with Crippen LogP contribution in [-0.4, -0.2) is 18.0 Å². The summed E-state index contributed by atoms with van der Waals surface area (Å²) in [6.45, 7) is 3.79. The highest BCUT2D eigenvalue weighted by atomic mass is 16.2. The molecular weight excluding hydrogens is 212 g/mol. The van der Waals surface area contributed by atoms with Crippen LogP contribution >= 0.6 is 0 Å². The molecule has 2 atom stereocenters. The first-order chi connectivity index (χ1) is 8.17. The number of carbonyl (C=O) groups excluding carboxylic acids is 1. The van der Waals surface area contributed by atoms with Crippen molar-refractivity contribution in [2.24, 2.45) is 0 Å². The summed E-state index contributed by atoms with van der Waals surface area (Å²) >= 11 is 0. The predicted octanol–water partition coefficient (Wildman–Crippen LogP) is 2.01. The molecule has 0 spiro atoms. The van der Waals surface area contributed by atoms with Crippen LogP contribution in [0.1, 0.15) is 20.3 Å². The monoisotopic (exact) mass is 230 g/mol. The minimum absolute atomic E-state index is 0.0634. The standard InChI is InChI=1S/C14H18N2O/c1-4-12(5-2)15-11(3)14(17)16-13-9-7-6-8-10-13/h1,6-12,15H,5H2,2-3H3,(H,16,17). The third-order valence-electron chi connectivity index (χ3n) is 2.50. The summed E-state index contributed by atoms with van der Waals surface area (Å²) in [4.78, 5) is 11.8. The summed E-state index contributed by atoms with van der Waals surface area (Å²) in [6.07, 6.45) is 6.15. The molecule has 0 saturated heterocycles. The number of hydrogen-bond acceptors (Lipinski definition) is 2. The Kier molecular flexibility index (Phi) is 5.25. The van der Waals surface area contributed by atoms with Gasteiger partial charge in [0.15, 0.2) is 0 Å². The number of anilines is 1. The summed E-state index contributed by atoms with van der Waals surface area (Å²) in [7, 11) is 0. The van der Waals surface area contributed by atoms with Crippen molar-refractivity contribution in [2.75, 3.05) is 5.32 Å². The minimum Gasteiger partial charge on any atom is -0.325 e. The molecule has 3 heteroatoms. The van der Waals surface area contributed by atoms with Gasteiger partial charge in [-0.25, -0.2) is 0 Å². The summed E-state index contributed by atoms with van der Waals surface area (Å²) in [5.74, 6) is 2.53. The molecule has 90 valence electrons. The summed E-state index contributed by atoms with van der Waals surface area (Å²) in [5, 5.41) is 5.91. The molecule has 1 amide bonds. The normalized spacial score (nSPS) is 13.5. The van der Waals surface area contributed by atoms with Gasteiger partial charge in [0.1, 0.15) is 0 Å². The smallest absolute Gasteiger partial charge is 0.241 e. The van der Waals surface area contributed by atoms with Gasteiger partial charge in [0.05, 0.1) is 12.1 Å². The van der Waals surface area contributed by atoms with E-state index in [2.05, 4.69) is 16.6 Å². The van der Waals surface area contributed by atoms with E-state index in [-0.39, 0.29) is 18.0 Å². The van der Waals surface area contributed by atoms with Gasteiger partial charge in [-0.3, -0.25) is 10.1 Å². The summed E-state index contributed by atoms with van der Waals surface area (Å²) in [5.41, 5.74) is 0.792. The van der Waals surface area contributed by atoms with Crippen LogP contribution < -0.4 is 10.6 Å². The van der Waals surface area contributed by atoms with Crippen molar-refractivity contribution in [1.29, 1.82) is 0 Å². The second kappa shape index (κ2) is 6.72. The number of para-hydroxylation sites is 1. The maximum atomic E-state index is 11.8. The number of benzene rings is 1. The first kappa shape index (κ1) is 13.3. The molecule has 0 aromatic heterocycles. The van der Waals surface area contributed by atoms with Gasteiger partial charge in [-0.1, -0.05) is 31.0 Å². The van der Waals surface area contributed by atoms with Crippen molar-refractivity contribution in [3.63, 3.8) is 0 Å². The second-order valence-corrected chi connectivity index (χ2v) is 3.87. The molecule has 1 aromatic rings. The molecule has 0 saturated carbocycles. The highest BCUT2D eigenvalue weighted by molar-refractivity contribution is 5.94. The van der Waals surface area contributed by atoms with Crippen molar-refractivity contribution in [1.82, 2.24) is 5.32 Å². The highest BCUT2D eigenvalue weighted by Crippen LogP contribution is 2.05. The van der Waals surface area contributed by atoms with Crippen molar-refractivity contribution in [3.8, 4) is 12.3 Å². The summed E-state index contributed by atoms with van der Waals surface area (Å²) in [6, 6.07) is 8.99. The highest BCUT2D eigenvalue weighted by Gasteiger charge is 2.15. The van der Waals surface area contributed by atoms with Crippen molar-refractivity contribution < 1.29 is 4.79 Å². The predicted molar refractivity (Wildman–Crippen MR) is 70.6 cm³/mol. The Morgan fingerprint density at radius 1 is 1.41 bits per heavy atom. The van der Waals surface area contributed by atoms with Crippen molar-refractivity contribution >= 4 is 11.6 Å². The van der Waals surface area contributed by atoms with Gasteiger partial charge < -0.3 is 5.32 Å². The lowest BCUT2D eigenvalue weighted by atomic mass is 10.2. The molecule has 0 radical (unpaired) electrons. The molecule has 2 unspecified atom stereocenters. The molecule has 1 aromatic carbocycles. The molecule has 0 aliphatic rings. The zero-order valence-electron chi connectivity index (χ0n) is 10.2. The van der Waals surface area contributed by atoms with Gasteiger partial charge in [-0.05, 0) is 25.5 Å². The Morgan fingerprint density at radius 2 is 2.06 bits per heavy atom. The van der Waals surface area contributed by atoms with Gasteiger partial charge in [-0.15, -0.1) is 6.42 Å². The SMILES string of the molecule is C#CC(CC)NC(C)C(=O)Nc1ccccc1. The topological polar surface area (TPSA) is 41.1 Å². The lowest BCUT2D eigenvalue weighted by Gasteiger charge is -2.17. The average molecular weight is 230 g/mol. The first-order valence-electron chi connectivity index (χ1n) is 5.75. The molecule has 2 N–H and O–H groups in total. The quantitative estimate of drug-likeness (QED) is 0.760. The molecule has 1 rings (SSSR count). The van der Waals surface area contributed by atoms with Crippen molar-refractivity contribution in [3.05, 3.63) is 30.3 Å². The largest absolute Gasteiger partial charge is 0.325 e. The molecule has 0 aliphatic carbocycles. The number of amides is 1. The van der Waals surface area contributed by atoms with Crippen LogP contribution in [0.25, 0.3) is 0 Å². The molecule has 3 nitrogen and oxygen atoms in total. The fourth-order valence-corrected chi connectivity index (χ4v) is 1.43. The number of rotatable bonds is 5. The van der Waals surface area contributed by atoms with Crippen LogP contribution in [-0.2, 0) is 4.79 Å². The van der Waals surface area contributed by atoms with Crippen LogP contribution in [0.2, 0.25) is 0 Å². The molecule has 17 heavy (non-hydrogen) atoms. The molecule has 0 bridgehead atoms. The van der Waals surface area contributed by atoms with Crippen molar-refractivity contribution in [2.45, 2.75) is 32.4 Å². The van der Waals surface area contributed by atoms with Gasteiger partial charge in [0, 0.05) is 5.69 Å². The Hall–Kier alpha value is -1.79. The number of carbonyl (C=O) groups is 1. The molecule has 0 aliphatic heterocycles. The molecular formula is C14H18N2O. The Bertz CT molecular complexity index is 394.